The molecule has 0 fully saturated rings. The van der Waals surface area contributed by atoms with Gasteiger partial charge in [-0.1, -0.05) is 25.5 Å². The van der Waals surface area contributed by atoms with Gasteiger partial charge in [-0.15, -0.1) is 0 Å². The first kappa shape index (κ1) is 18.7. The minimum Gasteiger partial charge on any atom is -0.868 e. The van der Waals surface area contributed by atoms with E-state index in [1.807, 2.05) is 6.92 Å². The first-order valence-corrected chi connectivity index (χ1v) is 8.22. The Kier molecular flexibility index (Phi) is 5.92. The number of nitrogens with one attached hydrogen (secondary N) is 2. The first-order chi connectivity index (χ1) is 11.9. The predicted octanol–water partition coefficient (Wildman–Crippen LogP) is 1.80. The molecule has 0 radical (unpaired) electrons. The van der Waals surface area contributed by atoms with E-state index < -0.39 is 28.4 Å². The lowest BCUT2D eigenvalue weighted by Crippen LogP contribution is -2.45. The molecular formula is C16H18N3O5S-. The van der Waals surface area contributed by atoms with Gasteiger partial charge < -0.3 is 20.5 Å². The molecule has 0 saturated heterocycles. The first-order valence-electron chi connectivity index (χ1n) is 7.82. The van der Waals surface area contributed by atoms with E-state index in [0.717, 1.165) is 18.6 Å². The van der Waals surface area contributed by atoms with E-state index in [1.54, 1.807) is 6.92 Å². The molecule has 8 nitrogen and oxygen atoms in total. The molecule has 1 aromatic rings. The third kappa shape index (κ3) is 4.05. The monoisotopic (exact) mass is 364 g/mol. The van der Waals surface area contributed by atoms with Gasteiger partial charge in [0.2, 0.25) is 0 Å². The topological polar surface area (TPSA) is 117 Å². The molecule has 1 aromatic carbocycles. The van der Waals surface area contributed by atoms with Crippen LogP contribution in [0.1, 0.15) is 38.3 Å². The zero-order valence-electron chi connectivity index (χ0n) is 13.8. The standard InChI is InChI=1S/C16H19N3O5S/c1-3-5-10-13(15(21)24-4-2)14(18-16(25)17-10)9-6-7-12(20)11(8-9)19(22)23/h6-8,14,20H,3-5H2,1-2H3,(H2,17,18,25)/p-1/t14-/m0/s1. The van der Waals surface area contributed by atoms with Gasteiger partial charge in [-0.05, 0) is 36.9 Å². The molecule has 2 rings (SSSR count). The van der Waals surface area contributed by atoms with Gasteiger partial charge in [0.05, 0.1) is 23.1 Å². The Morgan fingerprint density at radius 3 is 2.72 bits per heavy atom. The Balaban J connectivity index is 2.57. The fraction of sp³-hybridized carbons (Fsp3) is 0.375. The summed E-state index contributed by atoms with van der Waals surface area (Å²) in [6.07, 6.45) is 1.33. The molecule has 2 N–H and O–H groups in total. The molecule has 0 amide bonds. The van der Waals surface area contributed by atoms with Crippen LogP contribution in [0.15, 0.2) is 29.5 Å². The molecule has 0 spiro atoms. The van der Waals surface area contributed by atoms with Gasteiger partial charge in [-0.2, -0.15) is 0 Å². The highest BCUT2D eigenvalue weighted by Crippen LogP contribution is 2.33. The number of carbonyl (C=O) groups is 1. The summed E-state index contributed by atoms with van der Waals surface area (Å²) in [5.74, 6) is -1.23. The molecular weight excluding hydrogens is 346 g/mol. The van der Waals surface area contributed by atoms with Crippen molar-refractivity contribution in [3.05, 3.63) is 45.1 Å². The van der Waals surface area contributed by atoms with Crippen LogP contribution in [0.4, 0.5) is 5.69 Å². The van der Waals surface area contributed by atoms with Crippen molar-refractivity contribution in [1.29, 1.82) is 0 Å². The molecule has 0 saturated carbocycles. The van der Waals surface area contributed by atoms with Crippen molar-refractivity contribution in [3.63, 3.8) is 0 Å². The molecule has 0 unspecified atom stereocenters. The minimum absolute atomic E-state index is 0.193. The Hall–Kier alpha value is -2.68. The highest BCUT2D eigenvalue weighted by Gasteiger charge is 2.32. The van der Waals surface area contributed by atoms with Gasteiger partial charge in [0.1, 0.15) is 0 Å². The molecule has 1 heterocycles. The number of nitro groups is 1. The molecule has 0 bridgehead atoms. The third-order valence-electron chi connectivity index (χ3n) is 3.66. The summed E-state index contributed by atoms with van der Waals surface area (Å²) in [6, 6.07) is 3.00. The number of carbonyl (C=O) groups excluding carboxylic acids is 1. The second-order valence-electron chi connectivity index (χ2n) is 5.38. The van der Waals surface area contributed by atoms with Crippen molar-refractivity contribution in [2.24, 2.45) is 0 Å². The number of nitro benzene ring substituents is 1. The fourth-order valence-electron chi connectivity index (χ4n) is 2.62. The average Bonchev–Trinajstić information content (AvgIpc) is 2.55. The molecule has 25 heavy (non-hydrogen) atoms. The number of rotatable bonds is 6. The van der Waals surface area contributed by atoms with E-state index in [9.17, 15) is 20.0 Å². The maximum Gasteiger partial charge on any atom is 0.338 e. The average molecular weight is 364 g/mol. The van der Waals surface area contributed by atoms with E-state index in [0.29, 0.717) is 28.4 Å². The maximum atomic E-state index is 12.5. The number of benzene rings is 1. The Morgan fingerprint density at radius 1 is 1.40 bits per heavy atom. The van der Waals surface area contributed by atoms with Crippen molar-refractivity contribution in [2.45, 2.75) is 32.7 Å². The number of hydrogen-bond acceptors (Lipinski definition) is 6. The van der Waals surface area contributed by atoms with Crippen molar-refractivity contribution in [3.8, 4) is 5.75 Å². The summed E-state index contributed by atoms with van der Waals surface area (Å²) in [4.78, 5) is 22.8. The number of thiocarbonyl (C=S) groups is 1. The van der Waals surface area contributed by atoms with Gasteiger partial charge in [0, 0.05) is 11.8 Å². The van der Waals surface area contributed by atoms with Crippen LogP contribution >= 0.6 is 12.2 Å². The van der Waals surface area contributed by atoms with Crippen LogP contribution in [0.25, 0.3) is 0 Å². The summed E-state index contributed by atoms with van der Waals surface area (Å²) < 4.78 is 5.13. The van der Waals surface area contributed by atoms with E-state index in [1.165, 1.54) is 6.07 Å². The van der Waals surface area contributed by atoms with Gasteiger partial charge in [0.15, 0.2) is 5.11 Å². The smallest absolute Gasteiger partial charge is 0.338 e. The Bertz CT molecular complexity index is 747. The largest absolute Gasteiger partial charge is 0.868 e. The summed E-state index contributed by atoms with van der Waals surface area (Å²) >= 11 is 5.18. The number of hydrogen-bond donors (Lipinski definition) is 2. The second kappa shape index (κ2) is 7.93. The van der Waals surface area contributed by atoms with Crippen LogP contribution in [0.5, 0.6) is 5.75 Å². The lowest BCUT2D eigenvalue weighted by Gasteiger charge is -2.31. The highest BCUT2D eigenvalue weighted by molar-refractivity contribution is 7.80. The zero-order valence-corrected chi connectivity index (χ0v) is 14.6. The molecule has 1 atom stereocenters. The van der Waals surface area contributed by atoms with Crippen molar-refractivity contribution >= 4 is 29.0 Å². The van der Waals surface area contributed by atoms with Crippen LogP contribution in [-0.2, 0) is 9.53 Å². The van der Waals surface area contributed by atoms with Crippen LogP contribution < -0.4 is 15.7 Å². The summed E-state index contributed by atoms with van der Waals surface area (Å²) in [7, 11) is 0. The SMILES string of the molecule is CCCC1=C(C(=O)OCC)[C@H](c2ccc([O-])c([N+](=O)[O-])c2)NC(=S)N1. The normalized spacial score (nSPS) is 16.9. The van der Waals surface area contributed by atoms with Crippen molar-refractivity contribution in [1.82, 2.24) is 10.6 Å². The van der Waals surface area contributed by atoms with Gasteiger partial charge >= 0.3 is 5.97 Å². The highest BCUT2D eigenvalue weighted by atomic mass is 32.1. The molecule has 9 heteroatoms. The van der Waals surface area contributed by atoms with E-state index in [-0.39, 0.29) is 6.61 Å². The lowest BCUT2D eigenvalue weighted by molar-refractivity contribution is -0.398. The van der Waals surface area contributed by atoms with Gasteiger partial charge in [-0.3, -0.25) is 10.1 Å². The van der Waals surface area contributed by atoms with Gasteiger partial charge in [0.25, 0.3) is 5.69 Å². The number of allylic oxidation sites excluding steroid dienone is 1. The third-order valence-corrected chi connectivity index (χ3v) is 3.88. The molecule has 1 aliphatic rings. The molecule has 1 aliphatic heterocycles. The zero-order chi connectivity index (χ0) is 18.6. The summed E-state index contributed by atoms with van der Waals surface area (Å²) in [6.45, 7) is 3.84. The van der Waals surface area contributed by atoms with Crippen LogP contribution in [-0.4, -0.2) is 22.6 Å². The van der Waals surface area contributed by atoms with Crippen LogP contribution in [0, 0.1) is 10.1 Å². The quantitative estimate of drug-likeness (QED) is 0.340. The van der Waals surface area contributed by atoms with Gasteiger partial charge in [-0.25, -0.2) is 4.79 Å². The maximum absolute atomic E-state index is 12.5. The number of ether oxygens (including phenoxy) is 1. The van der Waals surface area contributed by atoms with Crippen molar-refractivity contribution < 1.29 is 19.6 Å². The summed E-state index contributed by atoms with van der Waals surface area (Å²) in [5.41, 5.74) is 0.768. The Labute approximate surface area is 150 Å². The van der Waals surface area contributed by atoms with E-state index >= 15 is 0 Å². The fourth-order valence-corrected chi connectivity index (χ4v) is 2.86. The van der Waals surface area contributed by atoms with Crippen molar-refractivity contribution in [2.75, 3.05) is 6.61 Å². The predicted molar refractivity (Wildman–Crippen MR) is 92.7 cm³/mol. The second-order valence-corrected chi connectivity index (χ2v) is 5.79. The van der Waals surface area contributed by atoms with Crippen LogP contribution in [0.3, 0.4) is 0 Å². The minimum atomic E-state index is -0.744. The molecule has 0 aromatic heterocycles. The van der Waals surface area contributed by atoms with Crippen LogP contribution in [0.2, 0.25) is 0 Å². The lowest BCUT2D eigenvalue weighted by atomic mass is 9.93. The Morgan fingerprint density at radius 2 is 2.12 bits per heavy atom. The molecule has 134 valence electrons. The van der Waals surface area contributed by atoms with E-state index in [2.05, 4.69) is 10.6 Å². The summed E-state index contributed by atoms with van der Waals surface area (Å²) in [5, 5.41) is 28.9. The number of esters is 1. The number of nitrogens with zero attached hydrogens (tertiary/aromatic N) is 1. The molecule has 0 aliphatic carbocycles. The van der Waals surface area contributed by atoms with E-state index in [4.69, 9.17) is 17.0 Å².